The summed E-state index contributed by atoms with van der Waals surface area (Å²) in [7, 11) is 3.94. The Hall–Kier alpha value is -1.47. The highest BCUT2D eigenvalue weighted by Crippen LogP contribution is 2.15. The Morgan fingerprint density at radius 1 is 1.44 bits per heavy atom. The number of aromatic nitrogens is 2. The summed E-state index contributed by atoms with van der Waals surface area (Å²) in [6, 6.07) is 0.0926. The summed E-state index contributed by atoms with van der Waals surface area (Å²) in [5.41, 5.74) is 2.30. The van der Waals surface area contributed by atoms with E-state index in [9.17, 15) is 4.39 Å². The van der Waals surface area contributed by atoms with Crippen molar-refractivity contribution in [1.82, 2.24) is 14.9 Å². The molecule has 0 aromatic carbocycles. The van der Waals surface area contributed by atoms with Gasteiger partial charge in [0.15, 0.2) is 11.6 Å². The van der Waals surface area contributed by atoms with Gasteiger partial charge in [-0.2, -0.15) is 4.98 Å². The summed E-state index contributed by atoms with van der Waals surface area (Å²) < 4.78 is 13.6. The highest BCUT2D eigenvalue weighted by molar-refractivity contribution is 5.41. The summed E-state index contributed by atoms with van der Waals surface area (Å²) in [5.74, 6) is 5.41. The Labute approximate surface area is 107 Å². The van der Waals surface area contributed by atoms with Gasteiger partial charge in [-0.15, -0.1) is 0 Å². The number of rotatable bonds is 6. The van der Waals surface area contributed by atoms with Crippen LogP contribution in [0.25, 0.3) is 0 Å². The fraction of sp³-hybridized carbons (Fsp3) is 0.636. The molecule has 1 unspecified atom stereocenters. The van der Waals surface area contributed by atoms with Gasteiger partial charge in [0.2, 0.25) is 5.95 Å². The van der Waals surface area contributed by atoms with E-state index < -0.39 is 5.82 Å². The van der Waals surface area contributed by atoms with Crippen LogP contribution in [0.3, 0.4) is 0 Å². The summed E-state index contributed by atoms with van der Waals surface area (Å²) >= 11 is 0. The minimum atomic E-state index is -0.488. The summed E-state index contributed by atoms with van der Waals surface area (Å²) in [6.45, 7) is 4.93. The lowest BCUT2D eigenvalue weighted by Crippen LogP contribution is -2.37. The first-order valence-electron chi connectivity index (χ1n) is 5.84. The van der Waals surface area contributed by atoms with Crippen LogP contribution in [-0.4, -0.2) is 41.5 Å². The van der Waals surface area contributed by atoms with Crippen LogP contribution in [0.15, 0.2) is 6.20 Å². The number of hydrogen-bond donors (Lipinski definition) is 3. The fourth-order valence-corrected chi connectivity index (χ4v) is 1.53. The van der Waals surface area contributed by atoms with E-state index in [2.05, 4.69) is 34.6 Å². The van der Waals surface area contributed by atoms with Gasteiger partial charge in [-0.05, 0) is 20.0 Å². The van der Waals surface area contributed by atoms with E-state index in [0.717, 1.165) is 12.7 Å². The minimum Gasteiger partial charge on any atom is -0.363 e. The second-order valence-corrected chi connectivity index (χ2v) is 4.79. The summed E-state index contributed by atoms with van der Waals surface area (Å²) in [6.07, 6.45) is 1.09. The smallest absolute Gasteiger partial charge is 0.239 e. The van der Waals surface area contributed by atoms with Crippen LogP contribution >= 0.6 is 0 Å². The van der Waals surface area contributed by atoms with Gasteiger partial charge in [-0.25, -0.2) is 15.2 Å². The number of nitrogens with one attached hydrogen (secondary N) is 2. The Balaban J connectivity index is 2.85. The zero-order chi connectivity index (χ0) is 13.7. The standard InChI is InChI=1S/C11H21FN6/c1-7(2)9(6-18(3)4)15-10-8(12)5-14-11(16-10)17-13/h5,7,9H,6,13H2,1-4H3,(H2,14,15,16,17). The predicted molar refractivity (Wildman–Crippen MR) is 70.6 cm³/mol. The van der Waals surface area contributed by atoms with Crippen molar-refractivity contribution < 1.29 is 4.39 Å². The first kappa shape index (κ1) is 14.6. The minimum absolute atomic E-state index is 0.0926. The van der Waals surface area contributed by atoms with Gasteiger partial charge in [0.25, 0.3) is 0 Å². The summed E-state index contributed by atoms with van der Waals surface area (Å²) in [5, 5.41) is 3.09. The van der Waals surface area contributed by atoms with Crippen LogP contribution < -0.4 is 16.6 Å². The van der Waals surface area contributed by atoms with E-state index in [0.29, 0.717) is 5.92 Å². The van der Waals surface area contributed by atoms with Crippen LogP contribution in [-0.2, 0) is 0 Å². The molecule has 6 nitrogen and oxygen atoms in total. The van der Waals surface area contributed by atoms with Crippen molar-refractivity contribution in [2.24, 2.45) is 11.8 Å². The van der Waals surface area contributed by atoms with Crippen LogP contribution in [0.4, 0.5) is 16.2 Å². The van der Waals surface area contributed by atoms with Crippen LogP contribution in [0.1, 0.15) is 13.8 Å². The second kappa shape index (κ2) is 6.46. The molecule has 0 spiro atoms. The van der Waals surface area contributed by atoms with Crippen molar-refractivity contribution >= 4 is 11.8 Å². The molecule has 0 bridgehead atoms. The maximum Gasteiger partial charge on any atom is 0.239 e. The van der Waals surface area contributed by atoms with E-state index in [4.69, 9.17) is 5.84 Å². The van der Waals surface area contributed by atoms with Gasteiger partial charge in [0.05, 0.1) is 6.20 Å². The number of nitrogens with zero attached hydrogens (tertiary/aromatic N) is 3. The number of likely N-dealkylation sites (N-methyl/N-ethyl adjacent to an activating group) is 1. The van der Waals surface area contributed by atoms with E-state index in [1.165, 1.54) is 0 Å². The number of nitrogens with two attached hydrogens (primary N) is 1. The third-order valence-corrected chi connectivity index (χ3v) is 2.56. The zero-order valence-corrected chi connectivity index (χ0v) is 11.2. The molecule has 0 aliphatic heterocycles. The average Bonchev–Trinajstić information content (AvgIpc) is 2.30. The number of hydrogen-bond acceptors (Lipinski definition) is 6. The van der Waals surface area contributed by atoms with Crippen molar-refractivity contribution in [2.75, 3.05) is 31.4 Å². The molecule has 1 atom stereocenters. The maximum atomic E-state index is 13.6. The molecule has 102 valence electrons. The lowest BCUT2D eigenvalue weighted by Gasteiger charge is -2.26. The van der Waals surface area contributed by atoms with E-state index >= 15 is 0 Å². The number of anilines is 2. The lowest BCUT2D eigenvalue weighted by molar-refractivity contribution is 0.343. The Bertz CT molecular complexity index is 382. The normalized spacial score (nSPS) is 12.9. The largest absolute Gasteiger partial charge is 0.363 e. The third kappa shape index (κ3) is 4.08. The van der Waals surface area contributed by atoms with Crippen molar-refractivity contribution in [3.63, 3.8) is 0 Å². The highest BCUT2D eigenvalue weighted by atomic mass is 19.1. The van der Waals surface area contributed by atoms with Crippen molar-refractivity contribution in [3.05, 3.63) is 12.0 Å². The number of halogens is 1. The second-order valence-electron chi connectivity index (χ2n) is 4.79. The zero-order valence-electron chi connectivity index (χ0n) is 11.2. The first-order chi connectivity index (χ1) is 8.43. The molecule has 18 heavy (non-hydrogen) atoms. The van der Waals surface area contributed by atoms with E-state index in [1.54, 1.807) is 0 Å². The van der Waals surface area contributed by atoms with E-state index in [-0.39, 0.29) is 17.8 Å². The highest BCUT2D eigenvalue weighted by Gasteiger charge is 2.17. The molecule has 0 aliphatic rings. The van der Waals surface area contributed by atoms with Gasteiger partial charge in [-0.3, -0.25) is 5.43 Å². The Kier molecular flexibility index (Phi) is 5.24. The molecular weight excluding hydrogens is 235 g/mol. The quantitative estimate of drug-likeness (QED) is 0.518. The van der Waals surface area contributed by atoms with Crippen molar-refractivity contribution in [1.29, 1.82) is 0 Å². The van der Waals surface area contributed by atoms with Crippen molar-refractivity contribution in [2.45, 2.75) is 19.9 Å². The maximum absolute atomic E-state index is 13.6. The Morgan fingerprint density at radius 2 is 2.11 bits per heavy atom. The fourth-order valence-electron chi connectivity index (χ4n) is 1.53. The number of nitrogen functional groups attached to an aromatic ring is 1. The molecule has 0 saturated carbocycles. The topological polar surface area (TPSA) is 79.1 Å². The van der Waals surface area contributed by atoms with Gasteiger partial charge in [-0.1, -0.05) is 13.8 Å². The molecule has 1 rings (SSSR count). The molecule has 1 aromatic rings. The molecule has 7 heteroatoms. The molecule has 0 fully saturated rings. The van der Waals surface area contributed by atoms with E-state index in [1.807, 2.05) is 19.0 Å². The average molecular weight is 256 g/mol. The molecule has 0 amide bonds. The van der Waals surface area contributed by atoms with Gasteiger partial charge < -0.3 is 10.2 Å². The SMILES string of the molecule is CC(C)C(CN(C)C)Nc1nc(NN)ncc1F. The van der Waals surface area contributed by atoms with Gasteiger partial charge in [0.1, 0.15) is 0 Å². The number of hydrazine groups is 1. The molecule has 4 N–H and O–H groups in total. The van der Waals surface area contributed by atoms with Gasteiger partial charge in [0, 0.05) is 12.6 Å². The monoisotopic (exact) mass is 256 g/mol. The molecule has 0 aliphatic carbocycles. The summed E-state index contributed by atoms with van der Waals surface area (Å²) in [4.78, 5) is 9.71. The molecule has 1 heterocycles. The predicted octanol–water partition coefficient (Wildman–Crippen LogP) is 0.899. The van der Waals surface area contributed by atoms with Crippen molar-refractivity contribution in [3.8, 4) is 0 Å². The lowest BCUT2D eigenvalue weighted by atomic mass is 10.0. The van der Waals surface area contributed by atoms with Crippen LogP contribution in [0, 0.1) is 11.7 Å². The molecule has 0 radical (unpaired) electrons. The van der Waals surface area contributed by atoms with Crippen LogP contribution in [0.2, 0.25) is 0 Å². The third-order valence-electron chi connectivity index (χ3n) is 2.56. The van der Waals surface area contributed by atoms with Gasteiger partial charge >= 0.3 is 0 Å². The molecule has 0 saturated heterocycles. The Morgan fingerprint density at radius 3 is 2.61 bits per heavy atom. The van der Waals surface area contributed by atoms with Crippen LogP contribution in [0.5, 0.6) is 0 Å². The molecular formula is C11H21FN6. The molecule has 1 aromatic heterocycles. The first-order valence-corrected chi connectivity index (χ1v) is 5.84.